The third-order valence-corrected chi connectivity index (χ3v) is 3.39. The molecule has 1 aromatic carbocycles. The average Bonchev–Trinajstić information content (AvgIpc) is 3.05. The zero-order chi connectivity index (χ0) is 16.2. The Labute approximate surface area is 133 Å². The summed E-state index contributed by atoms with van der Waals surface area (Å²) in [6, 6.07) is 5.07. The quantitative estimate of drug-likeness (QED) is 0.724. The monoisotopic (exact) mass is 313 g/mol. The fourth-order valence-electron chi connectivity index (χ4n) is 2.00. The molecule has 0 aliphatic heterocycles. The first-order valence-corrected chi connectivity index (χ1v) is 7.27. The molecule has 3 aromatic rings. The lowest BCUT2D eigenvalue weighted by Gasteiger charge is -2.03. The number of hydrogen-bond donors (Lipinski definition) is 0. The zero-order valence-electron chi connectivity index (χ0n) is 12.9. The summed E-state index contributed by atoms with van der Waals surface area (Å²) < 4.78 is 20.4. The second-order valence-electron chi connectivity index (χ2n) is 5.10. The maximum absolute atomic E-state index is 13.3. The van der Waals surface area contributed by atoms with E-state index in [1.54, 1.807) is 42.3 Å². The largest absolute Gasteiger partial charge is 0.457 e. The predicted molar refractivity (Wildman–Crippen MR) is 81.8 cm³/mol. The normalized spacial score (nSPS) is 10.7. The maximum Gasteiger partial charge on any atom is 0.316 e. The van der Waals surface area contributed by atoms with E-state index in [-0.39, 0.29) is 12.4 Å². The summed E-state index contributed by atoms with van der Waals surface area (Å²) in [5.41, 5.74) is 2.98. The minimum Gasteiger partial charge on any atom is -0.457 e. The van der Waals surface area contributed by atoms with E-state index in [9.17, 15) is 4.39 Å². The fraction of sp³-hybridized carbons (Fsp3) is 0.250. The van der Waals surface area contributed by atoms with E-state index in [1.807, 2.05) is 6.92 Å². The molecule has 0 amide bonds. The van der Waals surface area contributed by atoms with E-state index in [0.717, 1.165) is 17.7 Å². The molecular formula is C16H16FN5O. The molecule has 7 heteroatoms. The van der Waals surface area contributed by atoms with Gasteiger partial charge in [-0.1, -0.05) is 12.1 Å². The molecule has 0 spiro atoms. The van der Waals surface area contributed by atoms with Crippen molar-refractivity contribution in [2.24, 2.45) is 0 Å². The van der Waals surface area contributed by atoms with Crippen molar-refractivity contribution in [3.8, 4) is 11.7 Å². The molecule has 0 unspecified atom stereocenters. The maximum atomic E-state index is 13.3. The number of aryl methyl sites for hydroxylation is 2. The molecule has 0 radical (unpaired) electrons. The smallest absolute Gasteiger partial charge is 0.316 e. The summed E-state index contributed by atoms with van der Waals surface area (Å²) >= 11 is 0. The first-order chi connectivity index (χ1) is 11.2. The molecular weight excluding hydrogens is 297 g/mol. The SMILES string of the molecule is CCc1cnc(OCc2cn(-c3ccc(F)c(C)c3)nn2)nc1. The van der Waals surface area contributed by atoms with Crippen LogP contribution in [0.15, 0.2) is 36.8 Å². The zero-order valence-corrected chi connectivity index (χ0v) is 12.9. The molecule has 118 valence electrons. The molecule has 0 atom stereocenters. The number of benzene rings is 1. The van der Waals surface area contributed by atoms with Crippen molar-refractivity contribution in [3.63, 3.8) is 0 Å². The lowest BCUT2D eigenvalue weighted by molar-refractivity contribution is 0.276. The van der Waals surface area contributed by atoms with Gasteiger partial charge in [-0.2, -0.15) is 0 Å². The van der Waals surface area contributed by atoms with Crippen LogP contribution in [-0.2, 0) is 13.0 Å². The summed E-state index contributed by atoms with van der Waals surface area (Å²) in [6.45, 7) is 3.96. The number of aromatic nitrogens is 5. The molecule has 0 aliphatic rings. The van der Waals surface area contributed by atoms with Gasteiger partial charge < -0.3 is 4.74 Å². The summed E-state index contributed by atoms with van der Waals surface area (Å²) in [5.74, 6) is -0.245. The topological polar surface area (TPSA) is 65.7 Å². The van der Waals surface area contributed by atoms with Crippen molar-refractivity contribution in [2.75, 3.05) is 0 Å². The molecule has 2 heterocycles. The van der Waals surface area contributed by atoms with Gasteiger partial charge in [-0.15, -0.1) is 5.10 Å². The molecule has 3 rings (SSSR count). The standard InChI is InChI=1S/C16H16FN5O/c1-3-12-7-18-16(19-8-12)23-10-13-9-22(21-20-13)14-4-5-15(17)11(2)6-14/h4-9H,3,10H2,1-2H3. The van der Waals surface area contributed by atoms with Gasteiger partial charge in [0, 0.05) is 12.4 Å². The van der Waals surface area contributed by atoms with E-state index in [0.29, 0.717) is 17.3 Å². The Hall–Kier alpha value is -2.83. The van der Waals surface area contributed by atoms with Crippen LogP contribution in [-0.4, -0.2) is 25.0 Å². The Bertz CT molecular complexity index is 800. The van der Waals surface area contributed by atoms with Gasteiger partial charge in [0.15, 0.2) is 0 Å². The fourth-order valence-corrected chi connectivity index (χ4v) is 2.00. The van der Waals surface area contributed by atoms with Gasteiger partial charge in [0.05, 0.1) is 11.9 Å². The van der Waals surface area contributed by atoms with Crippen LogP contribution in [0.5, 0.6) is 6.01 Å². The van der Waals surface area contributed by atoms with Gasteiger partial charge in [0.1, 0.15) is 18.1 Å². The highest BCUT2D eigenvalue weighted by molar-refractivity contribution is 5.35. The molecule has 6 nitrogen and oxygen atoms in total. The summed E-state index contributed by atoms with van der Waals surface area (Å²) in [6.07, 6.45) is 6.08. The van der Waals surface area contributed by atoms with Crippen molar-refractivity contribution < 1.29 is 9.13 Å². The molecule has 0 aliphatic carbocycles. The van der Waals surface area contributed by atoms with Crippen LogP contribution in [0.4, 0.5) is 4.39 Å². The number of ether oxygens (including phenoxy) is 1. The Kier molecular flexibility index (Phi) is 4.27. The Balaban J connectivity index is 1.67. The van der Waals surface area contributed by atoms with Crippen LogP contribution in [0.25, 0.3) is 5.69 Å². The van der Waals surface area contributed by atoms with Crippen LogP contribution in [0, 0.1) is 12.7 Å². The highest BCUT2D eigenvalue weighted by atomic mass is 19.1. The van der Waals surface area contributed by atoms with Crippen molar-refractivity contribution in [3.05, 3.63) is 59.4 Å². The highest BCUT2D eigenvalue weighted by Crippen LogP contribution is 2.13. The van der Waals surface area contributed by atoms with Gasteiger partial charge in [-0.05, 0) is 42.7 Å². The average molecular weight is 313 g/mol. The van der Waals surface area contributed by atoms with E-state index >= 15 is 0 Å². The number of nitrogens with zero attached hydrogens (tertiary/aromatic N) is 5. The minimum absolute atomic E-state index is 0.214. The summed E-state index contributed by atoms with van der Waals surface area (Å²) in [7, 11) is 0. The van der Waals surface area contributed by atoms with Gasteiger partial charge in [-0.25, -0.2) is 19.0 Å². The lowest BCUT2D eigenvalue weighted by atomic mass is 10.2. The van der Waals surface area contributed by atoms with Crippen LogP contribution in [0.2, 0.25) is 0 Å². The van der Waals surface area contributed by atoms with Crippen molar-refractivity contribution >= 4 is 0 Å². The van der Waals surface area contributed by atoms with Crippen LogP contribution >= 0.6 is 0 Å². The Morgan fingerprint density at radius 2 is 2.00 bits per heavy atom. The van der Waals surface area contributed by atoms with Crippen molar-refractivity contribution in [2.45, 2.75) is 26.9 Å². The second-order valence-corrected chi connectivity index (χ2v) is 5.10. The van der Waals surface area contributed by atoms with E-state index in [1.165, 1.54) is 6.07 Å². The number of hydrogen-bond acceptors (Lipinski definition) is 5. The molecule has 0 bridgehead atoms. The number of halogens is 1. The summed E-state index contributed by atoms with van der Waals surface area (Å²) in [4.78, 5) is 8.24. The minimum atomic E-state index is -0.245. The molecule has 0 N–H and O–H groups in total. The summed E-state index contributed by atoms with van der Waals surface area (Å²) in [5, 5.41) is 8.05. The van der Waals surface area contributed by atoms with Gasteiger partial charge in [-0.3, -0.25) is 0 Å². The van der Waals surface area contributed by atoms with E-state index in [2.05, 4.69) is 20.3 Å². The third-order valence-electron chi connectivity index (χ3n) is 3.39. The van der Waals surface area contributed by atoms with Crippen LogP contribution < -0.4 is 4.74 Å². The van der Waals surface area contributed by atoms with Crippen LogP contribution in [0.1, 0.15) is 23.7 Å². The first-order valence-electron chi connectivity index (χ1n) is 7.27. The van der Waals surface area contributed by atoms with E-state index in [4.69, 9.17) is 4.74 Å². The van der Waals surface area contributed by atoms with Gasteiger partial charge in [0.2, 0.25) is 0 Å². The van der Waals surface area contributed by atoms with Crippen molar-refractivity contribution in [1.29, 1.82) is 0 Å². The molecule has 23 heavy (non-hydrogen) atoms. The number of rotatable bonds is 5. The third kappa shape index (κ3) is 3.50. The Morgan fingerprint density at radius 3 is 2.70 bits per heavy atom. The first kappa shape index (κ1) is 15.1. The second kappa shape index (κ2) is 6.51. The van der Waals surface area contributed by atoms with Gasteiger partial charge in [0.25, 0.3) is 0 Å². The highest BCUT2D eigenvalue weighted by Gasteiger charge is 2.06. The molecule has 0 fully saturated rings. The van der Waals surface area contributed by atoms with Crippen molar-refractivity contribution in [1.82, 2.24) is 25.0 Å². The van der Waals surface area contributed by atoms with Gasteiger partial charge >= 0.3 is 6.01 Å². The lowest BCUT2D eigenvalue weighted by Crippen LogP contribution is -2.00. The predicted octanol–water partition coefficient (Wildman–Crippen LogP) is 2.65. The molecule has 0 saturated carbocycles. The Morgan fingerprint density at radius 1 is 1.22 bits per heavy atom. The van der Waals surface area contributed by atoms with Crippen LogP contribution in [0.3, 0.4) is 0 Å². The molecule has 0 saturated heterocycles. The van der Waals surface area contributed by atoms with E-state index < -0.39 is 0 Å². The molecule has 2 aromatic heterocycles.